The van der Waals surface area contributed by atoms with E-state index in [9.17, 15) is 0 Å². The molecular formula is C30H33N9. The van der Waals surface area contributed by atoms with Gasteiger partial charge < -0.3 is 16.0 Å². The topological polar surface area (TPSA) is 124 Å². The summed E-state index contributed by atoms with van der Waals surface area (Å²) in [6.07, 6.45) is 11.8. The summed E-state index contributed by atoms with van der Waals surface area (Å²) in [7, 11) is 0. The molecule has 6 rings (SSSR count). The van der Waals surface area contributed by atoms with Crippen molar-refractivity contribution in [1.82, 2.24) is 30.2 Å². The van der Waals surface area contributed by atoms with Crippen molar-refractivity contribution < 1.29 is 0 Å². The Bertz CT molecular complexity index is 1570. The van der Waals surface area contributed by atoms with Crippen LogP contribution in [0.1, 0.15) is 62.1 Å². The Morgan fingerprint density at radius 2 is 1.92 bits per heavy atom. The second-order valence-corrected chi connectivity index (χ2v) is 11.4. The van der Waals surface area contributed by atoms with Crippen molar-refractivity contribution in [1.29, 1.82) is 5.26 Å². The van der Waals surface area contributed by atoms with Crippen LogP contribution in [-0.2, 0) is 0 Å². The molecule has 1 aliphatic heterocycles. The number of nitriles is 1. The molecule has 5 heterocycles. The van der Waals surface area contributed by atoms with Crippen LogP contribution in [0, 0.1) is 23.7 Å². The molecule has 4 aromatic heterocycles. The van der Waals surface area contributed by atoms with Crippen molar-refractivity contribution >= 4 is 28.4 Å². The Morgan fingerprint density at radius 1 is 1.05 bits per heavy atom. The molecule has 1 saturated carbocycles. The van der Waals surface area contributed by atoms with Gasteiger partial charge in [-0.05, 0) is 73.4 Å². The van der Waals surface area contributed by atoms with E-state index in [1.54, 1.807) is 18.5 Å². The fourth-order valence-corrected chi connectivity index (χ4v) is 5.50. The van der Waals surface area contributed by atoms with Gasteiger partial charge in [-0.3, -0.25) is 4.98 Å². The third-order valence-electron chi connectivity index (χ3n) is 8.10. The summed E-state index contributed by atoms with van der Waals surface area (Å²) in [6, 6.07) is 8.07. The maximum atomic E-state index is 9.15. The molecule has 2 aliphatic rings. The first-order chi connectivity index (χ1) is 18.9. The fourth-order valence-electron chi connectivity index (χ4n) is 5.50. The van der Waals surface area contributed by atoms with Crippen LogP contribution in [0.4, 0.5) is 17.5 Å². The van der Waals surface area contributed by atoms with Crippen LogP contribution >= 0.6 is 0 Å². The SMILES string of the molecule is Cc1cc(C#N)cnc1Nc1cc(-c2nc(N[C@H]3CCNCC3(C)C)c3c(C4CCC4)cncc3n2)ccn1. The van der Waals surface area contributed by atoms with Gasteiger partial charge in [-0.25, -0.2) is 19.9 Å². The summed E-state index contributed by atoms with van der Waals surface area (Å²) in [6.45, 7) is 8.46. The molecule has 1 saturated heterocycles. The van der Waals surface area contributed by atoms with E-state index in [1.807, 2.05) is 31.5 Å². The standard InChI is InChI=1S/C30H33N9/c1-18-11-19(13-31)14-35-27(18)38-25-12-21(7-10-34-25)28-36-23-16-33-15-22(20-5-4-6-20)26(23)29(39-28)37-24-8-9-32-17-30(24,2)3/h7,10-12,14-16,20,24,32H,4-6,8-9,17H2,1-3H3,(H,34,35,38)(H,36,37,39)/t24-/m0/s1. The molecule has 3 N–H and O–H groups in total. The van der Waals surface area contributed by atoms with Crippen molar-refractivity contribution in [2.75, 3.05) is 23.7 Å². The lowest BCUT2D eigenvalue weighted by Gasteiger charge is -2.40. The Balaban J connectivity index is 1.41. The summed E-state index contributed by atoms with van der Waals surface area (Å²) >= 11 is 0. The van der Waals surface area contributed by atoms with Gasteiger partial charge in [0.2, 0.25) is 0 Å². The van der Waals surface area contributed by atoms with Gasteiger partial charge in [0.05, 0.1) is 17.3 Å². The Labute approximate surface area is 228 Å². The Kier molecular flexibility index (Phi) is 6.57. The quantitative estimate of drug-likeness (QED) is 0.304. The molecule has 1 aliphatic carbocycles. The number of nitrogens with zero attached hydrogens (tertiary/aromatic N) is 6. The van der Waals surface area contributed by atoms with E-state index in [-0.39, 0.29) is 11.5 Å². The molecule has 2 fully saturated rings. The second kappa shape index (κ2) is 10.2. The number of aromatic nitrogens is 5. The van der Waals surface area contributed by atoms with Gasteiger partial charge in [0, 0.05) is 42.1 Å². The van der Waals surface area contributed by atoms with Crippen LogP contribution in [0.15, 0.2) is 43.0 Å². The first-order valence-electron chi connectivity index (χ1n) is 13.6. The number of pyridine rings is 3. The first kappa shape index (κ1) is 25.1. The number of nitrogens with one attached hydrogen (secondary N) is 3. The summed E-state index contributed by atoms with van der Waals surface area (Å²) in [5.74, 6) is 3.31. The van der Waals surface area contributed by atoms with Crippen LogP contribution in [0.5, 0.6) is 0 Å². The maximum Gasteiger partial charge on any atom is 0.162 e. The number of piperidine rings is 1. The predicted molar refractivity (Wildman–Crippen MR) is 153 cm³/mol. The molecule has 9 nitrogen and oxygen atoms in total. The van der Waals surface area contributed by atoms with Crippen molar-refractivity contribution in [2.24, 2.45) is 5.41 Å². The Morgan fingerprint density at radius 3 is 2.67 bits per heavy atom. The highest BCUT2D eigenvalue weighted by Gasteiger charge is 2.33. The van der Waals surface area contributed by atoms with Gasteiger partial charge in [0.25, 0.3) is 0 Å². The molecule has 0 spiro atoms. The molecule has 0 unspecified atom stereocenters. The number of anilines is 3. The van der Waals surface area contributed by atoms with E-state index in [1.165, 1.54) is 24.8 Å². The largest absolute Gasteiger partial charge is 0.366 e. The van der Waals surface area contributed by atoms with E-state index >= 15 is 0 Å². The average molecular weight is 520 g/mol. The molecule has 0 aromatic carbocycles. The van der Waals surface area contributed by atoms with E-state index in [2.05, 4.69) is 50.8 Å². The van der Waals surface area contributed by atoms with Crippen LogP contribution in [0.2, 0.25) is 0 Å². The zero-order chi connectivity index (χ0) is 27.0. The lowest BCUT2D eigenvalue weighted by Crippen LogP contribution is -2.49. The molecule has 0 bridgehead atoms. The van der Waals surface area contributed by atoms with Gasteiger partial charge in [0.15, 0.2) is 5.82 Å². The number of fused-ring (bicyclic) bond motifs is 1. The molecule has 0 amide bonds. The van der Waals surface area contributed by atoms with Gasteiger partial charge in [-0.2, -0.15) is 5.26 Å². The number of hydrogen-bond acceptors (Lipinski definition) is 9. The lowest BCUT2D eigenvalue weighted by atomic mass is 9.78. The van der Waals surface area contributed by atoms with Crippen LogP contribution in [0.3, 0.4) is 0 Å². The zero-order valence-electron chi connectivity index (χ0n) is 22.6. The molecule has 0 radical (unpaired) electrons. The van der Waals surface area contributed by atoms with Crippen LogP contribution in [-0.4, -0.2) is 44.1 Å². The third-order valence-corrected chi connectivity index (χ3v) is 8.10. The van der Waals surface area contributed by atoms with Crippen molar-refractivity contribution in [3.63, 3.8) is 0 Å². The molecule has 39 heavy (non-hydrogen) atoms. The Hall–Kier alpha value is -4.16. The van der Waals surface area contributed by atoms with E-state index in [0.717, 1.165) is 47.4 Å². The van der Waals surface area contributed by atoms with Gasteiger partial charge in [-0.1, -0.05) is 20.3 Å². The summed E-state index contributed by atoms with van der Waals surface area (Å²) in [4.78, 5) is 23.6. The molecule has 198 valence electrons. The number of aryl methyl sites for hydroxylation is 1. The number of hydrogen-bond donors (Lipinski definition) is 3. The number of rotatable bonds is 6. The van der Waals surface area contributed by atoms with Crippen molar-refractivity contribution in [2.45, 2.75) is 58.4 Å². The minimum Gasteiger partial charge on any atom is -0.366 e. The summed E-state index contributed by atoms with van der Waals surface area (Å²) in [5, 5.41) is 20.9. The van der Waals surface area contributed by atoms with Gasteiger partial charge in [0.1, 0.15) is 23.5 Å². The molecular weight excluding hydrogens is 486 g/mol. The molecule has 1 atom stereocenters. The third kappa shape index (κ3) is 5.00. The lowest BCUT2D eigenvalue weighted by molar-refractivity contribution is 0.236. The zero-order valence-corrected chi connectivity index (χ0v) is 22.6. The van der Waals surface area contributed by atoms with Crippen molar-refractivity contribution in [3.05, 3.63) is 59.7 Å². The normalized spacial score (nSPS) is 18.8. The molecule has 4 aromatic rings. The van der Waals surface area contributed by atoms with Crippen LogP contribution in [0.25, 0.3) is 22.3 Å². The minimum atomic E-state index is 0.0824. The van der Waals surface area contributed by atoms with Gasteiger partial charge in [-0.15, -0.1) is 0 Å². The van der Waals surface area contributed by atoms with E-state index < -0.39 is 0 Å². The van der Waals surface area contributed by atoms with Crippen molar-refractivity contribution in [3.8, 4) is 17.5 Å². The van der Waals surface area contributed by atoms with E-state index in [0.29, 0.717) is 28.9 Å². The molecule has 9 heteroatoms. The monoisotopic (exact) mass is 519 g/mol. The van der Waals surface area contributed by atoms with Crippen LogP contribution < -0.4 is 16.0 Å². The summed E-state index contributed by atoms with van der Waals surface area (Å²) in [5.41, 5.74) is 4.43. The maximum absolute atomic E-state index is 9.15. The van der Waals surface area contributed by atoms with E-state index in [4.69, 9.17) is 15.2 Å². The minimum absolute atomic E-state index is 0.0824. The average Bonchev–Trinajstić information content (AvgIpc) is 2.90. The first-order valence-corrected chi connectivity index (χ1v) is 13.6. The fraction of sp³-hybridized carbons (Fsp3) is 0.400. The highest BCUT2D eigenvalue weighted by molar-refractivity contribution is 5.93. The van der Waals surface area contributed by atoms with Gasteiger partial charge >= 0.3 is 0 Å². The highest BCUT2D eigenvalue weighted by Crippen LogP contribution is 2.42. The summed E-state index contributed by atoms with van der Waals surface area (Å²) < 4.78 is 0. The highest BCUT2D eigenvalue weighted by atomic mass is 15.1. The smallest absolute Gasteiger partial charge is 0.162 e. The second-order valence-electron chi connectivity index (χ2n) is 11.4. The predicted octanol–water partition coefficient (Wildman–Crippen LogP) is 5.47.